The SMILES string of the molecule is C[C@]1(c2cc(Br)ccc2F)CS(=O)(=O)C2(CCC2)C(N)=N1. The molecule has 1 spiro atoms. The highest BCUT2D eigenvalue weighted by Gasteiger charge is 2.57. The van der Waals surface area contributed by atoms with Crippen LogP contribution >= 0.6 is 15.9 Å². The summed E-state index contributed by atoms with van der Waals surface area (Å²) >= 11 is 3.28. The molecular formula is C14H16BrFN2O2S. The van der Waals surface area contributed by atoms with Gasteiger partial charge in [-0.1, -0.05) is 15.9 Å². The molecule has 0 radical (unpaired) electrons. The van der Waals surface area contributed by atoms with E-state index >= 15 is 0 Å². The fraction of sp³-hybridized carbons (Fsp3) is 0.500. The van der Waals surface area contributed by atoms with E-state index in [-0.39, 0.29) is 17.2 Å². The minimum absolute atomic E-state index is 0.127. The van der Waals surface area contributed by atoms with Gasteiger partial charge in [-0.05, 0) is 44.4 Å². The Morgan fingerprint density at radius 1 is 1.38 bits per heavy atom. The topological polar surface area (TPSA) is 72.5 Å². The second-order valence-electron chi connectivity index (χ2n) is 6.00. The lowest BCUT2D eigenvalue weighted by Gasteiger charge is -2.46. The molecule has 114 valence electrons. The third kappa shape index (κ3) is 2.04. The molecule has 0 bridgehead atoms. The van der Waals surface area contributed by atoms with Crippen molar-refractivity contribution in [1.29, 1.82) is 0 Å². The van der Waals surface area contributed by atoms with E-state index in [2.05, 4.69) is 20.9 Å². The van der Waals surface area contributed by atoms with Crippen LogP contribution < -0.4 is 5.73 Å². The van der Waals surface area contributed by atoms with Gasteiger partial charge in [0.1, 0.15) is 21.9 Å². The first-order chi connectivity index (χ1) is 9.70. The van der Waals surface area contributed by atoms with E-state index in [0.29, 0.717) is 17.3 Å². The molecule has 1 aromatic carbocycles. The first-order valence-corrected chi connectivity index (χ1v) is 9.18. The molecule has 2 N–H and O–H groups in total. The largest absolute Gasteiger partial charge is 0.386 e. The number of benzene rings is 1. The molecule has 4 nitrogen and oxygen atoms in total. The zero-order chi connectivity index (χ0) is 15.5. The number of aliphatic imine (C=N–C) groups is 1. The van der Waals surface area contributed by atoms with Crippen LogP contribution in [0, 0.1) is 5.82 Å². The molecular weight excluding hydrogens is 359 g/mol. The Morgan fingerprint density at radius 3 is 2.57 bits per heavy atom. The van der Waals surface area contributed by atoms with Gasteiger partial charge in [0, 0.05) is 10.0 Å². The molecule has 0 aromatic heterocycles. The van der Waals surface area contributed by atoms with Crippen LogP contribution in [0.25, 0.3) is 0 Å². The summed E-state index contributed by atoms with van der Waals surface area (Å²) < 4.78 is 39.2. The Bertz CT molecular complexity index is 743. The maximum atomic E-state index is 14.1. The smallest absolute Gasteiger partial charge is 0.165 e. The molecule has 1 aliphatic heterocycles. The van der Waals surface area contributed by atoms with Gasteiger partial charge in [0.05, 0.1) is 5.75 Å². The van der Waals surface area contributed by atoms with Gasteiger partial charge in [-0.15, -0.1) is 0 Å². The lowest BCUT2D eigenvalue weighted by molar-refractivity contribution is 0.388. The summed E-state index contributed by atoms with van der Waals surface area (Å²) in [6.45, 7) is 1.62. The third-order valence-electron chi connectivity index (χ3n) is 4.57. The molecule has 1 aromatic rings. The standard InChI is InChI=1S/C14H16BrFN2O2S/c1-13(10-7-9(15)3-4-11(10)16)8-21(19,20)14(5-2-6-14)12(17)18-13/h3-4,7H,2,5-6,8H2,1H3,(H2,17,18)/t13-/m1/s1. The molecule has 3 rings (SSSR count). The van der Waals surface area contributed by atoms with E-state index in [9.17, 15) is 12.8 Å². The number of rotatable bonds is 1. The highest BCUT2D eigenvalue weighted by atomic mass is 79.9. The summed E-state index contributed by atoms with van der Waals surface area (Å²) in [4.78, 5) is 4.41. The van der Waals surface area contributed by atoms with Crippen molar-refractivity contribution in [3.63, 3.8) is 0 Å². The molecule has 1 saturated carbocycles. The molecule has 2 aliphatic rings. The first-order valence-electron chi connectivity index (χ1n) is 6.74. The van der Waals surface area contributed by atoms with Gasteiger partial charge in [0.15, 0.2) is 9.84 Å². The average molecular weight is 375 g/mol. The van der Waals surface area contributed by atoms with Gasteiger partial charge in [0.2, 0.25) is 0 Å². The molecule has 1 fully saturated rings. The fourth-order valence-electron chi connectivity index (χ4n) is 3.18. The number of amidine groups is 1. The predicted molar refractivity (Wildman–Crippen MR) is 83.4 cm³/mol. The zero-order valence-electron chi connectivity index (χ0n) is 11.6. The summed E-state index contributed by atoms with van der Waals surface area (Å²) in [6, 6.07) is 4.44. The van der Waals surface area contributed by atoms with E-state index in [4.69, 9.17) is 5.73 Å². The van der Waals surface area contributed by atoms with E-state index in [1.807, 2.05) is 0 Å². The Balaban J connectivity index is 2.17. The predicted octanol–water partition coefficient (Wildman–Crippen LogP) is 2.51. The lowest BCUT2D eigenvalue weighted by Crippen LogP contribution is -2.61. The quantitative estimate of drug-likeness (QED) is 0.820. The Kier molecular flexibility index (Phi) is 3.22. The molecule has 0 saturated heterocycles. The number of sulfone groups is 1. The van der Waals surface area contributed by atoms with E-state index in [1.165, 1.54) is 6.07 Å². The van der Waals surface area contributed by atoms with Crippen molar-refractivity contribution in [2.75, 3.05) is 5.75 Å². The van der Waals surface area contributed by atoms with E-state index in [0.717, 1.165) is 6.42 Å². The average Bonchev–Trinajstić information content (AvgIpc) is 2.27. The van der Waals surface area contributed by atoms with Crippen molar-refractivity contribution >= 4 is 31.6 Å². The van der Waals surface area contributed by atoms with Crippen LogP contribution in [0.2, 0.25) is 0 Å². The van der Waals surface area contributed by atoms with Crippen molar-refractivity contribution in [2.24, 2.45) is 10.7 Å². The van der Waals surface area contributed by atoms with Crippen LogP contribution in [0.4, 0.5) is 4.39 Å². The van der Waals surface area contributed by atoms with Crippen LogP contribution in [-0.4, -0.2) is 24.8 Å². The third-order valence-corrected chi connectivity index (χ3v) is 7.81. The van der Waals surface area contributed by atoms with Gasteiger partial charge >= 0.3 is 0 Å². The minimum atomic E-state index is -3.46. The van der Waals surface area contributed by atoms with Crippen molar-refractivity contribution in [1.82, 2.24) is 0 Å². The number of hydrogen-bond donors (Lipinski definition) is 1. The Morgan fingerprint density at radius 2 is 2.05 bits per heavy atom. The van der Waals surface area contributed by atoms with Gasteiger partial charge < -0.3 is 5.73 Å². The van der Waals surface area contributed by atoms with E-state index in [1.54, 1.807) is 19.1 Å². The fourth-order valence-corrected chi connectivity index (χ4v) is 6.05. The van der Waals surface area contributed by atoms with Crippen LogP contribution in [-0.2, 0) is 15.4 Å². The summed E-state index contributed by atoms with van der Waals surface area (Å²) in [6.07, 6.45) is 1.86. The molecule has 21 heavy (non-hydrogen) atoms. The highest BCUT2D eigenvalue weighted by Crippen LogP contribution is 2.47. The number of nitrogens with two attached hydrogens (primary N) is 1. The normalized spacial score (nSPS) is 29.8. The van der Waals surface area contributed by atoms with Crippen LogP contribution in [0.3, 0.4) is 0 Å². The summed E-state index contributed by atoms with van der Waals surface area (Å²) in [5, 5.41) is 0. The minimum Gasteiger partial charge on any atom is -0.386 e. The van der Waals surface area contributed by atoms with Crippen molar-refractivity contribution in [2.45, 2.75) is 36.5 Å². The second kappa shape index (κ2) is 4.52. The molecule has 1 heterocycles. The maximum Gasteiger partial charge on any atom is 0.165 e. The van der Waals surface area contributed by atoms with Gasteiger partial charge in [-0.2, -0.15) is 0 Å². The lowest BCUT2D eigenvalue weighted by atomic mass is 9.82. The molecule has 7 heteroatoms. The van der Waals surface area contributed by atoms with Gasteiger partial charge in [-0.3, -0.25) is 4.99 Å². The van der Waals surface area contributed by atoms with Crippen molar-refractivity contribution in [3.05, 3.63) is 34.1 Å². The maximum absolute atomic E-state index is 14.1. The Hall–Kier alpha value is -0.950. The van der Waals surface area contributed by atoms with E-state index < -0.39 is 25.9 Å². The molecule has 0 unspecified atom stereocenters. The second-order valence-corrected chi connectivity index (χ2v) is 9.22. The van der Waals surface area contributed by atoms with Crippen LogP contribution in [0.15, 0.2) is 27.7 Å². The van der Waals surface area contributed by atoms with Crippen LogP contribution in [0.5, 0.6) is 0 Å². The summed E-state index contributed by atoms with van der Waals surface area (Å²) in [7, 11) is -3.46. The number of halogens is 2. The molecule has 1 atom stereocenters. The van der Waals surface area contributed by atoms with Crippen molar-refractivity contribution < 1.29 is 12.8 Å². The summed E-state index contributed by atoms with van der Waals surface area (Å²) in [5.74, 6) is -0.562. The number of nitrogens with zero attached hydrogens (tertiary/aromatic N) is 1. The van der Waals surface area contributed by atoms with Gasteiger partial charge in [-0.25, -0.2) is 12.8 Å². The monoisotopic (exact) mass is 374 g/mol. The van der Waals surface area contributed by atoms with Crippen molar-refractivity contribution in [3.8, 4) is 0 Å². The molecule has 1 aliphatic carbocycles. The summed E-state index contributed by atoms with van der Waals surface area (Å²) in [5.41, 5.74) is 5.05. The highest BCUT2D eigenvalue weighted by molar-refractivity contribution is 9.10. The Labute approximate surface area is 131 Å². The number of hydrogen-bond acceptors (Lipinski definition) is 4. The zero-order valence-corrected chi connectivity index (χ0v) is 14.0. The molecule has 0 amide bonds. The first kappa shape index (κ1) is 15.0. The van der Waals surface area contributed by atoms with Crippen LogP contribution in [0.1, 0.15) is 31.7 Å². The van der Waals surface area contributed by atoms with Gasteiger partial charge in [0.25, 0.3) is 0 Å².